The molecule has 1 aromatic heterocycles. The number of rotatable bonds is 5. The Kier molecular flexibility index (Phi) is 5.04. The lowest BCUT2D eigenvalue weighted by Crippen LogP contribution is -2.13. The molecule has 0 atom stereocenters. The van der Waals surface area contributed by atoms with Gasteiger partial charge in [-0.05, 0) is 36.8 Å². The molecule has 0 spiro atoms. The standard InChI is InChI=1S/C20H18FN3O/c1-14-4-2-5-15(8-14)11-23-19-9-16(12-22-13-19)20(25)24-18-7-3-6-17(21)10-18/h2-10,12-13,23H,11H2,1H3,(H,24,25). The second-order valence-electron chi connectivity index (χ2n) is 5.77. The number of anilines is 2. The third-order valence-electron chi connectivity index (χ3n) is 3.66. The average Bonchev–Trinajstić information content (AvgIpc) is 2.60. The minimum atomic E-state index is -0.399. The van der Waals surface area contributed by atoms with E-state index in [0.717, 1.165) is 11.3 Å². The molecule has 0 aliphatic carbocycles. The van der Waals surface area contributed by atoms with Gasteiger partial charge in [0.05, 0.1) is 11.3 Å². The van der Waals surface area contributed by atoms with Gasteiger partial charge in [0.2, 0.25) is 0 Å². The minimum Gasteiger partial charge on any atom is -0.380 e. The maximum atomic E-state index is 13.2. The quantitative estimate of drug-likeness (QED) is 0.727. The summed E-state index contributed by atoms with van der Waals surface area (Å²) in [4.78, 5) is 16.4. The number of aromatic nitrogens is 1. The van der Waals surface area contributed by atoms with Crippen molar-refractivity contribution in [2.75, 3.05) is 10.6 Å². The number of halogens is 1. The van der Waals surface area contributed by atoms with Crippen molar-refractivity contribution >= 4 is 17.3 Å². The van der Waals surface area contributed by atoms with Crippen molar-refractivity contribution in [2.45, 2.75) is 13.5 Å². The molecule has 0 saturated heterocycles. The van der Waals surface area contributed by atoms with Gasteiger partial charge >= 0.3 is 0 Å². The van der Waals surface area contributed by atoms with Crippen LogP contribution in [0.4, 0.5) is 15.8 Å². The van der Waals surface area contributed by atoms with Gasteiger partial charge in [0.25, 0.3) is 5.91 Å². The molecule has 2 N–H and O–H groups in total. The topological polar surface area (TPSA) is 54.0 Å². The van der Waals surface area contributed by atoms with E-state index >= 15 is 0 Å². The summed E-state index contributed by atoms with van der Waals surface area (Å²) in [5.74, 6) is -0.734. The number of pyridine rings is 1. The SMILES string of the molecule is Cc1cccc(CNc2cncc(C(=O)Nc3cccc(F)c3)c2)c1. The summed E-state index contributed by atoms with van der Waals surface area (Å²) in [5.41, 5.74) is 3.89. The van der Waals surface area contributed by atoms with Crippen molar-refractivity contribution in [1.29, 1.82) is 0 Å². The van der Waals surface area contributed by atoms with Crippen LogP contribution >= 0.6 is 0 Å². The van der Waals surface area contributed by atoms with Gasteiger partial charge < -0.3 is 10.6 Å². The molecule has 0 fully saturated rings. The normalized spacial score (nSPS) is 10.3. The van der Waals surface area contributed by atoms with Gasteiger partial charge in [0.15, 0.2) is 0 Å². The molecule has 1 heterocycles. The van der Waals surface area contributed by atoms with Crippen molar-refractivity contribution in [3.05, 3.63) is 89.5 Å². The highest BCUT2D eigenvalue weighted by molar-refractivity contribution is 6.04. The van der Waals surface area contributed by atoms with Gasteiger partial charge in [-0.3, -0.25) is 9.78 Å². The van der Waals surface area contributed by atoms with Crippen molar-refractivity contribution in [1.82, 2.24) is 4.98 Å². The Hall–Kier alpha value is -3.21. The molecule has 126 valence electrons. The molecule has 0 aliphatic heterocycles. The van der Waals surface area contributed by atoms with Crippen molar-refractivity contribution in [3.63, 3.8) is 0 Å². The predicted molar refractivity (Wildman–Crippen MR) is 97.1 cm³/mol. The molecule has 3 aromatic rings. The second-order valence-corrected chi connectivity index (χ2v) is 5.77. The fourth-order valence-corrected chi connectivity index (χ4v) is 2.46. The van der Waals surface area contributed by atoms with E-state index in [4.69, 9.17) is 0 Å². The number of nitrogens with one attached hydrogen (secondary N) is 2. The largest absolute Gasteiger partial charge is 0.380 e. The first-order valence-electron chi connectivity index (χ1n) is 7.91. The minimum absolute atomic E-state index is 0.336. The molecule has 4 nitrogen and oxygen atoms in total. The monoisotopic (exact) mass is 335 g/mol. The highest BCUT2D eigenvalue weighted by Crippen LogP contribution is 2.14. The van der Waals surface area contributed by atoms with E-state index in [1.807, 2.05) is 25.1 Å². The van der Waals surface area contributed by atoms with E-state index in [-0.39, 0.29) is 5.91 Å². The van der Waals surface area contributed by atoms with Crippen LogP contribution in [0.3, 0.4) is 0 Å². The lowest BCUT2D eigenvalue weighted by Gasteiger charge is -2.09. The number of benzene rings is 2. The van der Waals surface area contributed by atoms with Crippen LogP contribution in [0.15, 0.2) is 67.0 Å². The molecule has 0 saturated carbocycles. The van der Waals surface area contributed by atoms with E-state index in [9.17, 15) is 9.18 Å². The zero-order chi connectivity index (χ0) is 17.6. The Balaban J connectivity index is 1.67. The van der Waals surface area contributed by atoms with Gasteiger partial charge in [-0.2, -0.15) is 0 Å². The third-order valence-corrected chi connectivity index (χ3v) is 3.66. The van der Waals surface area contributed by atoms with Gasteiger partial charge in [0, 0.05) is 24.6 Å². The number of hydrogen-bond donors (Lipinski definition) is 2. The van der Waals surface area contributed by atoms with E-state index < -0.39 is 5.82 Å². The lowest BCUT2D eigenvalue weighted by molar-refractivity contribution is 0.102. The van der Waals surface area contributed by atoms with Crippen LogP contribution in [0.2, 0.25) is 0 Å². The summed E-state index contributed by atoms with van der Waals surface area (Å²) in [6.07, 6.45) is 3.14. The maximum Gasteiger partial charge on any atom is 0.257 e. The third kappa shape index (κ3) is 4.64. The van der Waals surface area contributed by atoms with Gasteiger partial charge in [-0.15, -0.1) is 0 Å². The molecule has 1 amide bonds. The summed E-state index contributed by atoms with van der Waals surface area (Å²) in [7, 11) is 0. The zero-order valence-corrected chi connectivity index (χ0v) is 13.8. The van der Waals surface area contributed by atoms with Crippen molar-refractivity contribution < 1.29 is 9.18 Å². The Morgan fingerprint density at radius 2 is 1.88 bits per heavy atom. The van der Waals surface area contributed by atoms with Crippen LogP contribution in [-0.2, 0) is 6.54 Å². The van der Waals surface area contributed by atoms with Crippen LogP contribution < -0.4 is 10.6 Å². The first kappa shape index (κ1) is 16.6. The fraction of sp³-hybridized carbons (Fsp3) is 0.100. The van der Waals surface area contributed by atoms with E-state index in [0.29, 0.717) is 17.8 Å². The molecule has 0 aliphatic rings. The van der Waals surface area contributed by atoms with E-state index in [1.54, 1.807) is 24.4 Å². The predicted octanol–water partition coefficient (Wildman–Crippen LogP) is 4.39. The molecule has 25 heavy (non-hydrogen) atoms. The first-order valence-corrected chi connectivity index (χ1v) is 7.91. The molecular weight excluding hydrogens is 317 g/mol. The summed E-state index contributed by atoms with van der Waals surface area (Å²) in [6.45, 7) is 2.68. The Morgan fingerprint density at radius 1 is 1.04 bits per heavy atom. The van der Waals surface area contributed by atoms with Crippen molar-refractivity contribution in [3.8, 4) is 0 Å². The molecule has 0 radical (unpaired) electrons. The summed E-state index contributed by atoms with van der Waals surface area (Å²) < 4.78 is 13.2. The number of nitrogens with zero attached hydrogens (tertiary/aromatic N) is 1. The van der Waals surface area contributed by atoms with Crippen LogP contribution in [0.25, 0.3) is 0 Å². The van der Waals surface area contributed by atoms with Crippen LogP contribution in [-0.4, -0.2) is 10.9 Å². The Labute approximate surface area is 145 Å². The number of hydrogen-bond acceptors (Lipinski definition) is 3. The highest BCUT2D eigenvalue weighted by Gasteiger charge is 2.08. The molecule has 3 rings (SSSR count). The highest BCUT2D eigenvalue weighted by atomic mass is 19.1. The van der Waals surface area contributed by atoms with E-state index in [2.05, 4.69) is 21.7 Å². The zero-order valence-electron chi connectivity index (χ0n) is 13.8. The van der Waals surface area contributed by atoms with Gasteiger partial charge in [-0.25, -0.2) is 4.39 Å². The van der Waals surface area contributed by atoms with Crippen molar-refractivity contribution in [2.24, 2.45) is 0 Å². The first-order chi connectivity index (χ1) is 12.1. The summed E-state index contributed by atoms with van der Waals surface area (Å²) >= 11 is 0. The maximum absolute atomic E-state index is 13.2. The molecular formula is C20H18FN3O. The number of carbonyl (C=O) groups excluding carboxylic acids is 1. The number of aryl methyl sites for hydroxylation is 1. The van der Waals surface area contributed by atoms with Gasteiger partial charge in [0.1, 0.15) is 5.82 Å². The Morgan fingerprint density at radius 3 is 2.68 bits per heavy atom. The molecule has 2 aromatic carbocycles. The average molecular weight is 335 g/mol. The molecule has 0 unspecified atom stereocenters. The summed E-state index contributed by atoms with van der Waals surface area (Å²) in [5, 5.41) is 5.91. The van der Waals surface area contributed by atoms with E-state index in [1.165, 1.54) is 23.9 Å². The fourth-order valence-electron chi connectivity index (χ4n) is 2.46. The summed E-state index contributed by atoms with van der Waals surface area (Å²) in [6, 6.07) is 15.7. The molecule has 0 bridgehead atoms. The lowest BCUT2D eigenvalue weighted by atomic mass is 10.1. The van der Waals surface area contributed by atoms with Crippen LogP contribution in [0.5, 0.6) is 0 Å². The second kappa shape index (κ2) is 7.57. The van der Waals surface area contributed by atoms with Crippen LogP contribution in [0.1, 0.15) is 21.5 Å². The van der Waals surface area contributed by atoms with Gasteiger partial charge in [-0.1, -0.05) is 35.9 Å². The number of carbonyl (C=O) groups is 1. The Bertz CT molecular complexity index is 895. The van der Waals surface area contributed by atoms with Crippen LogP contribution in [0, 0.1) is 12.7 Å². The molecule has 5 heteroatoms. The number of amides is 1. The smallest absolute Gasteiger partial charge is 0.257 e.